The van der Waals surface area contributed by atoms with Gasteiger partial charge in [0.1, 0.15) is 5.75 Å². The quantitative estimate of drug-likeness (QED) is 0.785. The molecular formula is C14H17Cl3N2O2. The van der Waals surface area contributed by atoms with Crippen LogP contribution in [0.15, 0.2) is 24.3 Å². The molecule has 1 aromatic carbocycles. The van der Waals surface area contributed by atoms with Crippen LogP contribution in [-0.2, 0) is 4.79 Å². The number of para-hydroxylation sites is 2. The van der Waals surface area contributed by atoms with Gasteiger partial charge < -0.3 is 14.5 Å². The Kier molecular flexibility index (Phi) is 5.47. The number of nitrogens with zero attached hydrogens (tertiary/aromatic N) is 2. The van der Waals surface area contributed by atoms with Gasteiger partial charge in [-0.2, -0.15) is 0 Å². The molecule has 0 bridgehead atoms. The molecular weight excluding hydrogens is 335 g/mol. The molecule has 0 radical (unpaired) electrons. The minimum atomic E-state index is -1.88. The summed E-state index contributed by atoms with van der Waals surface area (Å²) >= 11 is 16.9. The lowest BCUT2D eigenvalue weighted by atomic mass is 10.2. The number of hydrogen-bond acceptors (Lipinski definition) is 3. The lowest BCUT2D eigenvalue weighted by molar-refractivity contribution is -0.130. The van der Waals surface area contributed by atoms with Gasteiger partial charge in [0.25, 0.3) is 9.70 Å². The fourth-order valence-corrected chi connectivity index (χ4v) is 2.68. The lowest BCUT2D eigenvalue weighted by Gasteiger charge is -2.37. The van der Waals surface area contributed by atoms with E-state index in [1.807, 2.05) is 31.2 Å². The van der Waals surface area contributed by atoms with Gasteiger partial charge in [-0.3, -0.25) is 4.79 Å². The number of carbonyl (C=O) groups excluding carboxylic acids is 1. The first-order chi connectivity index (χ1) is 9.93. The van der Waals surface area contributed by atoms with Crippen molar-refractivity contribution in [1.29, 1.82) is 0 Å². The van der Waals surface area contributed by atoms with Crippen molar-refractivity contribution in [3.8, 4) is 5.75 Å². The van der Waals surface area contributed by atoms with E-state index >= 15 is 0 Å². The maximum absolute atomic E-state index is 11.9. The molecule has 0 spiro atoms. The molecule has 1 fully saturated rings. The van der Waals surface area contributed by atoms with E-state index < -0.39 is 9.70 Å². The van der Waals surface area contributed by atoms with Crippen molar-refractivity contribution in [2.24, 2.45) is 0 Å². The van der Waals surface area contributed by atoms with Gasteiger partial charge in [0.2, 0.25) is 0 Å². The van der Waals surface area contributed by atoms with Gasteiger partial charge in [-0.05, 0) is 19.1 Å². The van der Waals surface area contributed by atoms with E-state index in [0.29, 0.717) is 32.8 Å². The lowest BCUT2D eigenvalue weighted by Crippen LogP contribution is -2.51. The molecule has 1 heterocycles. The van der Waals surface area contributed by atoms with Crippen LogP contribution in [-0.4, -0.2) is 47.4 Å². The Morgan fingerprint density at radius 3 is 2.38 bits per heavy atom. The molecule has 7 heteroatoms. The zero-order valence-corrected chi connectivity index (χ0v) is 14.0. The highest BCUT2D eigenvalue weighted by atomic mass is 35.6. The molecule has 21 heavy (non-hydrogen) atoms. The normalized spacial score (nSPS) is 16.0. The average Bonchev–Trinajstić information content (AvgIpc) is 2.47. The standard InChI is InChI=1S/C14H17Cl3N2O2/c1-2-21-12-6-4-3-5-11(12)18-7-9-19(10-8-18)13(20)14(15,16)17/h3-6H,2,7-10H2,1H3. The third kappa shape index (κ3) is 4.09. The van der Waals surface area contributed by atoms with Crippen LogP contribution < -0.4 is 9.64 Å². The molecule has 0 atom stereocenters. The van der Waals surface area contributed by atoms with Crippen molar-refractivity contribution in [1.82, 2.24) is 4.90 Å². The van der Waals surface area contributed by atoms with Crippen LogP contribution in [0.25, 0.3) is 0 Å². The molecule has 116 valence electrons. The molecule has 0 saturated carbocycles. The van der Waals surface area contributed by atoms with E-state index in [9.17, 15) is 4.79 Å². The number of benzene rings is 1. The molecule has 1 aliphatic heterocycles. The number of halogens is 3. The molecule has 4 nitrogen and oxygen atoms in total. The number of ether oxygens (including phenoxy) is 1. The second-order valence-corrected chi connectivity index (χ2v) is 6.96. The second-order valence-electron chi connectivity index (χ2n) is 4.68. The summed E-state index contributed by atoms with van der Waals surface area (Å²) < 4.78 is 3.75. The van der Waals surface area contributed by atoms with Crippen LogP contribution in [0.2, 0.25) is 0 Å². The number of piperazine rings is 1. The Morgan fingerprint density at radius 2 is 1.81 bits per heavy atom. The van der Waals surface area contributed by atoms with Crippen molar-refractivity contribution in [2.75, 3.05) is 37.7 Å². The van der Waals surface area contributed by atoms with E-state index in [4.69, 9.17) is 39.5 Å². The molecule has 1 aliphatic rings. The highest BCUT2D eigenvalue weighted by molar-refractivity contribution is 6.76. The molecule has 0 unspecified atom stereocenters. The molecule has 1 amide bonds. The van der Waals surface area contributed by atoms with Crippen LogP contribution in [0, 0.1) is 0 Å². The molecule has 0 N–H and O–H groups in total. The summed E-state index contributed by atoms with van der Waals surface area (Å²) in [6, 6.07) is 7.86. The zero-order valence-electron chi connectivity index (χ0n) is 11.7. The van der Waals surface area contributed by atoms with Crippen LogP contribution in [0.5, 0.6) is 5.75 Å². The van der Waals surface area contributed by atoms with Gasteiger partial charge in [-0.1, -0.05) is 46.9 Å². The predicted molar refractivity (Wildman–Crippen MR) is 86.7 cm³/mol. The van der Waals surface area contributed by atoms with Crippen LogP contribution in [0.1, 0.15) is 6.92 Å². The Labute approximate surface area is 139 Å². The maximum atomic E-state index is 11.9. The van der Waals surface area contributed by atoms with Crippen molar-refractivity contribution in [3.63, 3.8) is 0 Å². The van der Waals surface area contributed by atoms with Gasteiger partial charge in [0, 0.05) is 26.2 Å². The minimum Gasteiger partial charge on any atom is -0.492 e. The van der Waals surface area contributed by atoms with Crippen molar-refractivity contribution in [2.45, 2.75) is 10.7 Å². The highest BCUT2D eigenvalue weighted by Crippen LogP contribution is 2.31. The predicted octanol–water partition coefficient (Wildman–Crippen LogP) is 3.10. The number of rotatable bonds is 3. The summed E-state index contributed by atoms with van der Waals surface area (Å²) in [6.07, 6.45) is 0. The highest BCUT2D eigenvalue weighted by Gasteiger charge is 2.36. The van der Waals surface area contributed by atoms with Crippen molar-refractivity contribution < 1.29 is 9.53 Å². The third-order valence-corrected chi connectivity index (χ3v) is 3.80. The van der Waals surface area contributed by atoms with Crippen molar-refractivity contribution in [3.05, 3.63) is 24.3 Å². The second kappa shape index (κ2) is 6.95. The Balaban J connectivity index is 2.03. The molecule has 0 aromatic heterocycles. The number of hydrogen-bond donors (Lipinski definition) is 0. The van der Waals surface area contributed by atoms with Crippen LogP contribution in [0.4, 0.5) is 5.69 Å². The number of amides is 1. The maximum Gasteiger partial charge on any atom is 0.274 e. The number of alkyl halides is 3. The fourth-order valence-electron chi connectivity index (χ4n) is 2.33. The Hall–Kier alpha value is -0.840. The SMILES string of the molecule is CCOc1ccccc1N1CCN(C(=O)C(Cl)(Cl)Cl)CC1. The van der Waals surface area contributed by atoms with Gasteiger partial charge in [-0.25, -0.2) is 0 Å². The van der Waals surface area contributed by atoms with E-state index in [1.54, 1.807) is 4.90 Å². The molecule has 2 rings (SSSR count). The summed E-state index contributed by atoms with van der Waals surface area (Å²) in [5.74, 6) is 0.381. The summed E-state index contributed by atoms with van der Waals surface area (Å²) in [5.41, 5.74) is 1.03. The third-order valence-electron chi connectivity index (χ3n) is 3.32. The van der Waals surface area contributed by atoms with E-state index in [-0.39, 0.29) is 0 Å². The largest absolute Gasteiger partial charge is 0.492 e. The van der Waals surface area contributed by atoms with E-state index in [1.165, 1.54) is 0 Å². The smallest absolute Gasteiger partial charge is 0.274 e. The number of carbonyl (C=O) groups is 1. The van der Waals surface area contributed by atoms with Crippen molar-refractivity contribution >= 4 is 46.4 Å². The monoisotopic (exact) mass is 350 g/mol. The Morgan fingerprint density at radius 1 is 1.19 bits per heavy atom. The van der Waals surface area contributed by atoms with Gasteiger partial charge in [-0.15, -0.1) is 0 Å². The van der Waals surface area contributed by atoms with Crippen LogP contribution >= 0.6 is 34.8 Å². The molecule has 1 aromatic rings. The fraction of sp³-hybridized carbons (Fsp3) is 0.500. The van der Waals surface area contributed by atoms with E-state index in [0.717, 1.165) is 11.4 Å². The average molecular weight is 352 g/mol. The zero-order chi connectivity index (χ0) is 15.5. The first-order valence-electron chi connectivity index (χ1n) is 6.76. The summed E-state index contributed by atoms with van der Waals surface area (Å²) in [4.78, 5) is 15.7. The van der Waals surface area contributed by atoms with Gasteiger partial charge >= 0.3 is 0 Å². The van der Waals surface area contributed by atoms with Gasteiger partial charge in [0.05, 0.1) is 12.3 Å². The summed E-state index contributed by atoms with van der Waals surface area (Å²) in [5, 5.41) is 0. The minimum absolute atomic E-state index is 0.467. The van der Waals surface area contributed by atoms with E-state index in [2.05, 4.69) is 4.90 Å². The number of anilines is 1. The summed E-state index contributed by atoms with van der Waals surface area (Å²) in [7, 11) is 0. The molecule has 1 saturated heterocycles. The van der Waals surface area contributed by atoms with Gasteiger partial charge in [0.15, 0.2) is 0 Å². The summed E-state index contributed by atoms with van der Waals surface area (Å²) in [6.45, 7) is 4.96. The first kappa shape index (κ1) is 16.5. The topological polar surface area (TPSA) is 32.8 Å². The first-order valence-corrected chi connectivity index (χ1v) is 7.89. The molecule has 0 aliphatic carbocycles. The Bertz CT molecular complexity index is 497. The van der Waals surface area contributed by atoms with Crippen LogP contribution in [0.3, 0.4) is 0 Å².